The molecule has 2 rings (SSSR count). The van der Waals surface area contributed by atoms with Crippen LogP contribution in [0, 0.1) is 0 Å². The molecule has 1 amide bonds. The lowest BCUT2D eigenvalue weighted by Crippen LogP contribution is -2.24. The van der Waals surface area contributed by atoms with Crippen molar-refractivity contribution < 1.29 is 23.8 Å². The average Bonchev–Trinajstić information content (AvgIpc) is 2.81. The molecule has 1 aliphatic carbocycles. The summed E-state index contributed by atoms with van der Waals surface area (Å²) in [5.41, 5.74) is 1.02. The number of methoxy groups -OCH3 is 3. The van der Waals surface area contributed by atoms with Gasteiger partial charge in [-0.25, -0.2) is 0 Å². The molecule has 0 fully saturated rings. The number of hydrogen-bond acceptors (Lipinski definition) is 5. The zero-order valence-electron chi connectivity index (χ0n) is 11.9. The van der Waals surface area contributed by atoms with Crippen molar-refractivity contribution in [2.45, 2.75) is 12.3 Å². The topological polar surface area (TPSA) is 73.9 Å². The van der Waals surface area contributed by atoms with Crippen LogP contribution in [0.4, 0.5) is 0 Å². The predicted octanol–water partition coefficient (Wildman–Crippen LogP) is 1.13. The van der Waals surface area contributed by atoms with Crippen LogP contribution in [0.3, 0.4) is 0 Å². The molecule has 0 heterocycles. The van der Waals surface area contributed by atoms with Crippen LogP contribution < -0.4 is 19.5 Å². The maximum absolute atomic E-state index is 12.2. The second-order valence-corrected chi connectivity index (χ2v) is 4.40. The smallest absolute Gasteiger partial charge is 0.227 e. The summed E-state index contributed by atoms with van der Waals surface area (Å²) in [5.74, 6) is 0.263. The number of benzene rings is 1. The van der Waals surface area contributed by atoms with Gasteiger partial charge in [-0.3, -0.25) is 9.59 Å². The molecule has 0 radical (unpaired) electrons. The van der Waals surface area contributed by atoms with Crippen molar-refractivity contribution >= 4 is 11.7 Å². The SMILES string of the molecule is CNC(=O)C1CC(=O)c2c1cc(OC)c(OC)c2OC. The Morgan fingerprint density at radius 2 is 1.85 bits per heavy atom. The molecule has 0 spiro atoms. The lowest BCUT2D eigenvalue weighted by molar-refractivity contribution is -0.121. The fourth-order valence-electron chi connectivity index (χ4n) is 2.54. The number of carbonyl (C=O) groups excluding carboxylic acids is 2. The third kappa shape index (κ3) is 1.97. The van der Waals surface area contributed by atoms with Gasteiger partial charge in [-0.2, -0.15) is 0 Å². The molecule has 0 saturated carbocycles. The molecule has 0 aromatic heterocycles. The van der Waals surface area contributed by atoms with Crippen LogP contribution in [0.25, 0.3) is 0 Å². The minimum absolute atomic E-state index is 0.127. The van der Waals surface area contributed by atoms with Crippen molar-refractivity contribution in [2.24, 2.45) is 0 Å². The highest BCUT2D eigenvalue weighted by molar-refractivity contribution is 6.09. The van der Waals surface area contributed by atoms with Crippen molar-refractivity contribution in [3.8, 4) is 17.2 Å². The van der Waals surface area contributed by atoms with E-state index in [-0.39, 0.29) is 18.1 Å². The fourth-order valence-corrected chi connectivity index (χ4v) is 2.54. The number of rotatable bonds is 4. The highest BCUT2D eigenvalue weighted by atomic mass is 16.5. The molecule has 1 aliphatic rings. The molecule has 0 saturated heterocycles. The average molecular weight is 279 g/mol. The Morgan fingerprint density at radius 1 is 1.20 bits per heavy atom. The first-order chi connectivity index (χ1) is 9.58. The van der Waals surface area contributed by atoms with E-state index in [0.717, 1.165) is 0 Å². The number of Topliss-reactive ketones (excluding diaryl/α,β-unsaturated/α-hetero) is 1. The van der Waals surface area contributed by atoms with E-state index >= 15 is 0 Å². The van der Waals surface area contributed by atoms with Crippen molar-refractivity contribution in [1.29, 1.82) is 0 Å². The molecule has 1 aromatic carbocycles. The van der Waals surface area contributed by atoms with Crippen LogP contribution >= 0.6 is 0 Å². The zero-order chi connectivity index (χ0) is 14.9. The van der Waals surface area contributed by atoms with Gasteiger partial charge in [0.15, 0.2) is 17.3 Å². The summed E-state index contributed by atoms with van der Waals surface area (Å²) >= 11 is 0. The Labute approximate surface area is 117 Å². The molecular weight excluding hydrogens is 262 g/mol. The normalized spacial score (nSPS) is 16.6. The summed E-state index contributed by atoms with van der Waals surface area (Å²) < 4.78 is 15.8. The molecule has 0 aliphatic heterocycles. The second-order valence-electron chi connectivity index (χ2n) is 4.40. The molecule has 6 nitrogen and oxygen atoms in total. The maximum atomic E-state index is 12.2. The summed E-state index contributed by atoms with van der Waals surface area (Å²) in [6, 6.07) is 1.67. The maximum Gasteiger partial charge on any atom is 0.227 e. The van der Waals surface area contributed by atoms with E-state index in [1.807, 2.05) is 0 Å². The van der Waals surface area contributed by atoms with Gasteiger partial charge in [0.1, 0.15) is 0 Å². The van der Waals surface area contributed by atoms with Gasteiger partial charge in [-0.05, 0) is 11.6 Å². The fraction of sp³-hybridized carbons (Fsp3) is 0.429. The zero-order valence-corrected chi connectivity index (χ0v) is 11.9. The third-order valence-corrected chi connectivity index (χ3v) is 3.47. The van der Waals surface area contributed by atoms with Gasteiger partial charge in [-0.1, -0.05) is 0 Å². The van der Waals surface area contributed by atoms with E-state index in [1.54, 1.807) is 13.1 Å². The van der Waals surface area contributed by atoms with E-state index in [2.05, 4.69) is 5.32 Å². The van der Waals surface area contributed by atoms with E-state index in [4.69, 9.17) is 14.2 Å². The molecule has 1 unspecified atom stereocenters. The molecule has 6 heteroatoms. The largest absolute Gasteiger partial charge is 0.493 e. The van der Waals surface area contributed by atoms with Crippen molar-refractivity contribution in [3.05, 3.63) is 17.2 Å². The van der Waals surface area contributed by atoms with Gasteiger partial charge in [0.2, 0.25) is 11.7 Å². The second kappa shape index (κ2) is 5.40. The van der Waals surface area contributed by atoms with Crippen molar-refractivity contribution in [3.63, 3.8) is 0 Å². The van der Waals surface area contributed by atoms with Gasteiger partial charge in [0.05, 0.1) is 32.8 Å². The summed E-state index contributed by atoms with van der Waals surface area (Å²) in [7, 11) is 5.97. The number of hydrogen-bond donors (Lipinski definition) is 1. The standard InChI is InChI=1S/C14H17NO5/c1-15-14(17)8-5-9(16)11-7(8)6-10(18-2)12(19-3)13(11)20-4/h6,8H,5H2,1-4H3,(H,15,17). The Kier molecular flexibility index (Phi) is 3.83. The molecule has 1 atom stereocenters. The number of ether oxygens (including phenoxy) is 3. The molecule has 108 valence electrons. The van der Waals surface area contributed by atoms with Gasteiger partial charge in [0, 0.05) is 13.5 Å². The minimum atomic E-state index is -0.517. The molecule has 1 aromatic rings. The lowest BCUT2D eigenvalue weighted by Gasteiger charge is -2.16. The van der Waals surface area contributed by atoms with Crippen LogP contribution in [-0.2, 0) is 4.79 Å². The highest BCUT2D eigenvalue weighted by Crippen LogP contribution is 2.48. The molecule has 0 bridgehead atoms. The van der Waals surface area contributed by atoms with Gasteiger partial charge in [0.25, 0.3) is 0 Å². The number of carbonyl (C=O) groups is 2. The number of fused-ring (bicyclic) bond motifs is 1. The van der Waals surface area contributed by atoms with E-state index in [1.165, 1.54) is 21.3 Å². The van der Waals surface area contributed by atoms with Crippen LogP contribution in [0.2, 0.25) is 0 Å². The first-order valence-electron chi connectivity index (χ1n) is 6.16. The van der Waals surface area contributed by atoms with Crippen LogP contribution in [-0.4, -0.2) is 40.1 Å². The number of likely N-dealkylation sites (N-methyl/N-ethyl adjacent to an activating group) is 1. The minimum Gasteiger partial charge on any atom is -0.493 e. The molecule has 20 heavy (non-hydrogen) atoms. The number of ketones is 1. The lowest BCUT2D eigenvalue weighted by atomic mass is 9.99. The van der Waals surface area contributed by atoms with E-state index in [9.17, 15) is 9.59 Å². The monoisotopic (exact) mass is 279 g/mol. The van der Waals surface area contributed by atoms with E-state index in [0.29, 0.717) is 28.4 Å². The molecular formula is C14H17NO5. The summed E-state index contributed by atoms with van der Waals surface area (Å²) in [5, 5.41) is 2.57. The Balaban J connectivity index is 2.69. The Morgan fingerprint density at radius 3 is 2.35 bits per heavy atom. The third-order valence-electron chi connectivity index (χ3n) is 3.47. The van der Waals surface area contributed by atoms with Crippen molar-refractivity contribution in [1.82, 2.24) is 5.32 Å². The van der Waals surface area contributed by atoms with Crippen LogP contribution in [0.15, 0.2) is 6.07 Å². The summed E-state index contributed by atoms with van der Waals surface area (Å²) in [6.45, 7) is 0. The van der Waals surface area contributed by atoms with Gasteiger partial charge < -0.3 is 19.5 Å². The molecule has 1 N–H and O–H groups in total. The Hall–Kier alpha value is -2.24. The predicted molar refractivity (Wildman–Crippen MR) is 71.9 cm³/mol. The Bertz CT molecular complexity index is 567. The highest BCUT2D eigenvalue weighted by Gasteiger charge is 2.39. The first-order valence-corrected chi connectivity index (χ1v) is 6.16. The van der Waals surface area contributed by atoms with Crippen LogP contribution in [0.5, 0.6) is 17.2 Å². The van der Waals surface area contributed by atoms with Gasteiger partial charge >= 0.3 is 0 Å². The first kappa shape index (κ1) is 14.2. The summed E-state index contributed by atoms with van der Waals surface area (Å²) in [4.78, 5) is 24.1. The summed E-state index contributed by atoms with van der Waals surface area (Å²) in [6.07, 6.45) is 0.127. The van der Waals surface area contributed by atoms with Crippen molar-refractivity contribution in [2.75, 3.05) is 28.4 Å². The quantitative estimate of drug-likeness (QED) is 0.894. The number of amides is 1. The van der Waals surface area contributed by atoms with Crippen LogP contribution in [0.1, 0.15) is 28.3 Å². The number of nitrogens with one attached hydrogen (secondary N) is 1. The van der Waals surface area contributed by atoms with E-state index < -0.39 is 5.92 Å². The van der Waals surface area contributed by atoms with Gasteiger partial charge in [-0.15, -0.1) is 0 Å².